The first-order valence-electron chi connectivity index (χ1n) is 12.7. The Morgan fingerprint density at radius 2 is 1.72 bits per heavy atom. The third kappa shape index (κ3) is 5.05. The van der Waals surface area contributed by atoms with Gasteiger partial charge >= 0.3 is 5.91 Å². The number of rotatable bonds is 9. The maximum absolute atomic E-state index is 13.5. The molecule has 39 heavy (non-hydrogen) atoms. The molecule has 3 aromatic carbocycles. The van der Waals surface area contributed by atoms with E-state index in [0.29, 0.717) is 52.2 Å². The summed E-state index contributed by atoms with van der Waals surface area (Å²) in [6, 6.07) is 18.5. The fourth-order valence-corrected chi connectivity index (χ4v) is 5.51. The van der Waals surface area contributed by atoms with Crippen molar-refractivity contribution in [3.63, 3.8) is 0 Å². The molecule has 8 nitrogen and oxygen atoms in total. The largest absolute Gasteiger partial charge is 0.507 e. The number of aliphatic hydroxyl groups is 1. The van der Waals surface area contributed by atoms with Crippen molar-refractivity contribution in [1.29, 1.82) is 0 Å². The number of ether oxygens (including phenoxy) is 3. The highest BCUT2D eigenvalue weighted by Crippen LogP contribution is 2.45. The minimum Gasteiger partial charge on any atom is -0.507 e. The zero-order valence-electron chi connectivity index (χ0n) is 21.8. The lowest BCUT2D eigenvalue weighted by Crippen LogP contribution is -2.29. The standard InChI is InChI=1S/C30H28N2O6S/c1-4-15-38-21-8-6-7-19(16-21)27(33)25-26(18-9-11-20(36-3)12-10-18)32(29(35)28(25)34)30-31-23-14-13-22(37-5-2)17-24(23)39-30/h6-14,16-17,26,33H,4-5,15H2,1-3H3. The van der Waals surface area contributed by atoms with Gasteiger partial charge in [-0.25, -0.2) is 4.98 Å². The van der Waals surface area contributed by atoms with Gasteiger partial charge in [0.05, 0.1) is 42.2 Å². The number of carbonyl (C=O) groups excluding carboxylic acids is 2. The SMILES string of the molecule is CCCOc1cccc(C(O)=C2C(=O)C(=O)N(c3nc4ccc(OCC)cc4s3)C2c2ccc(OC)cc2)c1. The van der Waals surface area contributed by atoms with Crippen LogP contribution in [-0.2, 0) is 9.59 Å². The minimum atomic E-state index is -0.900. The predicted octanol–water partition coefficient (Wildman–Crippen LogP) is 6.12. The van der Waals surface area contributed by atoms with E-state index in [9.17, 15) is 14.7 Å². The van der Waals surface area contributed by atoms with Crippen LogP contribution in [0.3, 0.4) is 0 Å². The maximum atomic E-state index is 13.5. The van der Waals surface area contributed by atoms with Gasteiger partial charge in [0.15, 0.2) is 5.13 Å². The second-order valence-electron chi connectivity index (χ2n) is 8.88. The zero-order valence-corrected chi connectivity index (χ0v) is 22.7. The molecule has 0 saturated carbocycles. The summed E-state index contributed by atoms with van der Waals surface area (Å²) in [5.74, 6) is 0.0483. The lowest BCUT2D eigenvalue weighted by Gasteiger charge is -2.23. The number of amides is 1. The second kappa shape index (κ2) is 11.2. The number of aliphatic hydroxyl groups excluding tert-OH is 1. The van der Waals surface area contributed by atoms with Gasteiger partial charge in [-0.1, -0.05) is 42.5 Å². The van der Waals surface area contributed by atoms with Crippen molar-refractivity contribution < 1.29 is 28.9 Å². The summed E-state index contributed by atoms with van der Waals surface area (Å²) in [6.45, 7) is 4.94. The molecule has 0 spiro atoms. The Morgan fingerprint density at radius 1 is 0.974 bits per heavy atom. The van der Waals surface area contributed by atoms with Crippen molar-refractivity contribution in [2.75, 3.05) is 25.2 Å². The Balaban J connectivity index is 1.65. The van der Waals surface area contributed by atoms with Gasteiger partial charge in [-0.15, -0.1) is 0 Å². The third-order valence-electron chi connectivity index (χ3n) is 6.32. The number of Topliss-reactive ketones (excluding diaryl/α,β-unsaturated/α-hetero) is 1. The first-order valence-corrected chi connectivity index (χ1v) is 13.5. The van der Waals surface area contributed by atoms with Gasteiger partial charge in [0, 0.05) is 5.56 Å². The number of thiazole rings is 1. The molecular weight excluding hydrogens is 516 g/mol. The van der Waals surface area contributed by atoms with Gasteiger partial charge < -0.3 is 19.3 Å². The molecule has 1 aliphatic rings. The number of hydrogen-bond acceptors (Lipinski definition) is 8. The van der Waals surface area contributed by atoms with Crippen molar-refractivity contribution >= 4 is 44.1 Å². The van der Waals surface area contributed by atoms with E-state index in [1.54, 1.807) is 55.6 Å². The monoisotopic (exact) mass is 544 g/mol. The van der Waals surface area contributed by atoms with Crippen LogP contribution < -0.4 is 19.1 Å². The number of fused-ring (bicyclic) bond motifs is 1. The van der Waals surface area contributed by atoms with Gasteiger partial charge in [0.2, 0.25) is 0 Å². The highest BCUT2D eigenvalue weighted by atomic mass is 32.1. The van der Waals surface area contributed by atoms with Crippen LogP contribution in [-0.4, -0.2) is 42.1 Å². The van der Waals surface area contributed by atoms with E-state index in [2.05, 4.69) is 4.98 Å². The molecule has 2 heterocycles. The molecule has 0 bridgehead atoms. The molecule has 1 amide bonds. The Hall–Kier alpha value is -4.37. The molecule has 1 aromatic heterocycles. The number of ketones is 1. The highest BCUT2D eigenvalue weighted by molar-refractivity contribution is 7.22. The van der Waals surface area contributed by atoms with Crippen LogP contribution in [0.5, 0.6) is 17.2 Å². The van der Waals surface area contributed by atoms with E-state index in [1.807, 2.05) is 32.0 Å². The summed E-state index contributed by atoms with van der Waals surface area (Å²) in [5, 5.41) is 11.8. The molecule has 1 atom stereocenters. The average molecular weight is 545 g/mol. The smallest absolute Gasteiger partial charge is 0.301 e. The average Bonchev–Trinajstić information content (AvgIpc) is 3.49. The Bertz CT molecular complexity index is 1560. The fourth-order valence-electron chi connectivity index (χ4n) is 4.49. The normalized spacial score (nSPS) is 16.6. The lowest BCUT2D eigenvalue weighted by atomic mass is 9.95. The highest BCUT2D eigenvalue weighted by Gasteiger charge is 2.48. The number of carbonyl (C=O) groups is 2. The topological polar surface area (TPSA) is 98.2 Å². The summed E-state index contributed by atoms with van der Waals surface area (Å²) in [5.41, 5.74) is 1.66. The quantitative estimate of drug-likeness (QED) is 0.154. The van der Waals surface area contributed by atoms with Crippen molar-refractivity contribution in [3.05, 3.63) is 83.4 Å². The van der Waals surface area contributed by atoms with Crippen molar-refractivity contribution in [2.24, 2.45) is 0 Å². The fraction of sp³-hybridized carbons (Fsp3) is 0.233. The number of anilines is 1. The number of hydrogen-bond donors (Lipinski definition) is 1. The third-order valence-corrected chi connectivity index (χ3v) is 7.34. The summed E-state index contributed by atoms with van der Waals surface area (Å²) < 4.78 is 17.4. The van der Waals surface area contributed by atoms with Crippen LogP contribution in [0, 0.1) is 0 Å². The van der Waals surface area contributed by atoms with Gasteiger partial charge in [0.1, 0.15) is 23.0 Å². The van der Waals surface area contributed by atoms with Crippen LogP contribution >= 0.6 is 11.3 Å². The molecule has 0 aliphatic carbocycles. The van der Waals surface area contributed by atoms with Gasteiger partial charge in [-0.2, -0.15) is 0 Å². The van der Waals surface area contributed by atoms with Crippen molar-refractivity contribution in [2.45, 2.75) is 26.3 Å². The second-order valence-corrected chi connectivity index (χ2v) is 9.89. The van der Waals surface area contributed by atoms with Gasteiger partial charge in [-0.05, 0) is 61.4 Å². The molecule has 1 unspecified atom stereocenters. The van der Waals surface area contributed by atoms with Crippen LogP contribution in [0.4, 0.5) is 5.13 Å². The van der Waals surface area contributed by atoms with Crippen LogP contribution in [0.25, 0.3) is 16.0 Å². The number of nitrogens with zero attached hydrogens (tertiary/aromatic N) is 2. The summed E-state index contributed by atoms with van der Waals surface area (Å²) in [6.07, 6.45) is 0.826. The molecule has 0 radical (unpaired) electrons. The van der Waals surface area contributed by atoms with E-state index in [4.69, 9.17) is 14.2 Å². The molecule has 1 fully saturated rings. The zero-order chi connectivity index (χ0) is 27.5. The van der Waals surface area contributed by atoms with E-state index < -0.39 is 17.7 Å². The molecule has 5 rings (SSSR count). The van der Waals surface area contributed by atoms with Gasteiger partial charge in [0.25, 0.3) is 5.78 Å². The molecule has 200 valence electrons. The molecule has 1 N–H and O–H groups in total. The van der Waals surface area contributed by atoms with Crippen molar-refractivity contribution in [1.82, 2.24) is 4.98 Å². The van der Waals surface area contributed by atoms with E-state index in [1.165, 1.54) is 16.2 Å². The molecule has 4 aromatic rings. The maximum Gasteiger partial charge on any atom is 0.301 e. The molecular formula is C30H28N2O6S. The van der Waals surface area contributed by atoms with Crippen LogP contribution in [0.15, 0.2) is 72.3 Å². The first kappa shape index (κ1) is 26.2. The van der Waals surface area contributed by atoms with E-state index in [-0.39, 0.29) is 11.3 Å². The minimum absolute atomic E-state index is 0.0212. The molecule has 1 saturated heterocycles. The van der Waals surface area contributed by atoms with Crippen molar-refractivity contribution in [3.8, 4) is 17.2 Å². The Kier molecular flexibility index (Phi) is 7.51. The summed E-state index contributed by atoms with van der Waals surface area (Å²) in [4.78, 5) is 33.1. The Labute approximate surface area is 230 Å². The predicted molar refractivity (Wildman–Crippen MR) is 151 cm³/mol. The number of methoxy groups -OCH3 is 1. The van der Waals surface area contributed by atoms with E-state index in [0.717, 1.165) is 11.1 Å². The lowest BCUT2D eigenvalue weighted by molar-refractivity contribution is -0.132. The molecule has 9 heteroatoms. The Morgan fingerprint density at radius 3 is 2.44 bits per heavy atom. The summed E-state index contributed by atoms with van der Waals surface area (Å²) >= 11 is 1.28. The molecule has 1 aliphatic heterocycles. The number of benzene rings is 3. The van der Waals surface area contributed by atoms with Gasteiger partial charge in [-0.3, -0.25) is 14.5 Å². The van der Waals surface area contributed by atoms with E-state index >= 15 is 0 Å². The van der Waals surface area contributed by atoms with Crippen LogP contribution in [0.2, 0.25) is 0 Å². The number of aromatic nitrogens is 1. The van der Waals surface area contributed by atoms with Crippen LogP contribution in [0.1, 0.15) is 37.4 Å². The summed E-state index contributed by atoms with van der Waals surface area (Å²) in [7, 11) is 1.56. The first-order chi connectivity index (χ1) is 18.9.